The third-order valence-corrected chi connectivity index (χ3v) is 23.4. The van der Waals surface area contributed by atoms with Crippen molar-refractivity contribution in [2.75, 3.05) is 53.6 Å². The quantitative estimate of drug-likeness (QED) is 0.0177. The van der Waals surface area contributed by atoms with Crippen LogP contribution in [0.3, 0.4) is 0 Å². The van der Waals surface area contributed by atoms with Crippen LogP contribution in [-0.4, -0.2) is 174 Å². The van der Waals surface area contributed by atoms with Gasteiger partial charge in [0.1, 0.15) is 45.0 Å². The number of aromatic carboxylic acids is 1. The summed E-state index contributed by atoms with van der Waals surface area (Å²) < 4.78 is 41.9. The Morgan fingerprint density at radius 3 is 1.07 bits per heavy atom. The lowest BCUT2D eigenvalue weighted by Gasteiger charge is -2.32. The van der Waals surface area contributed by atoms with Gasteiger partial charge >= 0.3 is 47.8 Å². The number of nitrogens with zero attached hydrogens (tertiary/aromatic N) is 11. The van der Waals surface area contributed by atoms with Crippen LogP contribution in [0.2, 0.25) is 15.5 Å². The van der Waals surface area contributed by atoms with E-state index in [1.807, 2.05) is 199 Å². The van der Waals surface area contributed by atoms with Gasteiger partial charge in [-0.25, -0.2) is 59.0 Å². The number of benzene rings is 3. The molecule has 7 aromatic heterocycles. The summed E-state index contributed by atoms with van der Waals surface area (Å²) in [5, 5.41) is 29.5. The fourth-order valence-electron chi connectivity index (χ4n) is 16.5. The fourth-order valence-corrected chi connectivity index (χ4v) is 17.1. The molecule has 135 heavy (non-hydrogen) atoms. The summed E-state index contributed by atoms with van der Waals surface area (Å²) in [6, 6.07) is 24.0. The van der Waals surface area contributed by atoms with Crippen molar-refractivity contribution < 1.29 is 76.6 Å². The smallest absolute Gasteiger partial charge is 0.360 e. The van der Waals surface area contributed by atoms with Crippen molar-refractivity contribution >= 4 is 161 Å². The number of carboxylic acids is 1. The molecule has 0 spiro atoms. The van der Waals surface area contributed by atoms with Gasteiger partial charge < -0.3 is 90.0 Å². The maximum Gasteiger partial charge on any atom is 0.360 e. The molecule has 0 amide bonds. The molecular formula is C98H131Cl3N18O16. The van der Waals surface area contributed by atoms with Crippen LogP contribution in [0.4, 0.5) is 46.2 Å². The summed E-state index contributed by atoms with van der Waals surface area (Å²) in [6.45, 7) is 22.5. The van der Waals surface area contributed by atoms with Crippen molar-refractivity contribution in [2.24, 2.45) is 50.5 Å². The van der Waals surface area contributed by atoms with E-state index in [2.05, 4.69) is 81.6 Å². The first-order valence-electron chi connectivity index (χ1n) is 45.5. The van der Waals surface area contributed by atoms with Gasteiger partial charge in [0.25, 0.3) is 0 Å². The molecule has 4 aliphatic rings. The van der Waals surface area contributed by atoms with Gasteiger partial charge in [-0.3, -0.25) is 19.2 Å². The number of carboxylic acid groups (broad SMARTS) is 1. The van der Waals surface area contributed by atoms with Gasteiger partial charge in [-0.2, -0.15) is 0 Å². The molecule has 0 unspecified atom stereocenters. The second-order valence-corrected chi connectivity index (χ2v) is 39.1. The van der Waals surface area contributed by atoms with Crippen molar-refractivity contribution in [1.29, 1.82) is 0 Å². The summed E-state index contributed by atoms with van der Waals surface area (Å²) in [5.74, 6) is -1.02. The zero-order valence-electron chi connectivity index (χ0n) is 80.5. The Bertz CT molecular complexity index is 5720. The van der Waals surface area contributed by atoms with E-state index in [0.29, 0.717) is 54.9 Å². The molecule has 3 aromatic carbocycles. The number of halogens is 3. The Labute approximate surface area is 803 Å². The number of fused-ring (bicyclic) bond motifs is 3. The SMILES string of the molecule is CC(C)(C)OC(=O)C[C@H]1CCCC[C@H]1N.COC(=O)c1ncc(Cl)nc1Cl.COC(=O)c1ncc(N[C@@H]2CCCC[C@@H]2CC(=O)OC(C)(C)C)nc1Cl.COC(=O)c1ncc(N[C@@H]2CCCC[C@@H]2CC(=O)OC(C)(C)C)nc1Nc1cccc2c1ccn2C.Cn1ccc2c(N)cccc21.Cn1ccc2c(Nc3nc(N[C@@H]4CCCC[C@@H]4CC(=O)OC(C)(C)C)cnc3C(=O)O)cccc21. The van der Waals surface area contributed by atoms with Gasteiger partial charge in [0, 0.05) is 120 Å². The number of ether oxygens (including phenoxy) is 7. The molecule has 7 heterocycles. The lowest BCUT2D eigenvalue weighted by molar-refractivity contribution is -0.157. The maximum atomic E-state index is 12.5. The minimum atomic E-state index is -1.16. The van der Waals surface area contributed by atoms with Gasteiger partial charge in [-0.05, 0) is 213 Å². The van der Waals surface area contributed by atoms with Crippen LogP contribution in [-0.2, 0) is 73.5 Å². The monoisotopic (exact) mass is 1920 g/mol. The van der Waals surface area contributed by atoms with Crippen LogP contribution in [0.15, 0.2) is 116 Å². The zero-order valence-corrected chi connectivity index (χ0v) is 82.8. The normalized spacial score (nSPS) is 18.2. The van der Waals surface area contributed by atoms with Crippen molar-refractivity contribution in [1.82, 2.24) is 53.6 Å². The number of rotatable bonds is 22. The Morgan fingerprint density at radius 2 is 0.711 bits per heavy atom. The first-order valence-corrected chi connectivity index (χ1v) is 46.7. The minimum Gasteiger partial charge on any atom is -0.476 e. The topological polar surface area (TPSA) is 451 Å². The number of anilines is 8. The number of methoxy groups -OCH3 is 3. The van der Waals surface area contributed by atoms with Gasteiger partial charge in [0.05, 0.1) is 65.4 Å². The molecule has 10 N–H and O–H groups in total. The van der Waals surface area contributed by atoms with E-state index < -0.39 is 40.7 Å². The standard InChI is InChI=1S/C27H35N5O4.C26H33N5O4.C18H26ClN3O4.C12H23NO2.C9H10N2.C6H4Cl2N2O2/c1-27(2,3)36-23(33)15-17-9-6-7-10-19(17)29-22-16-28-24(26(34)35-5)25(31-22)30-20-11-8-12-21-18(20)13-14-32(21)4;1-26(2,3)35-22(32)14-16-8-5-6-9-18(16)28-21-15-27-23(25(33)34)24(30-21)29-19-10-7-11-20-17(19)12-13-31(20)4;1-18(2,3)26-14(23)9-11-7-5-6-8-12(11)21-13-10-20-15(16(19)22-13)17(24)25-4;1-12(2,3)15-11(14)8-9-6-4-5-7-10(9)13;1-11-6-5-7-8(10)3-2-4-9(7)11;1-12-6(11)4-5(8)10-3(7)2-9-4/h8,11-14,16-17,19H,6-7,9-10,15H2,1-5H3,(H2,29,30,31);7,10-13,15-16,18H,5-6,8-9,14H2,1-4H3,(H,33,34)(H2,28,29,30);10-12H,5-9H2,1-4H3,(H,21,22);9-10H,4-8,13H2,1-3H3;2-6H,10H2,1H3;2H,1H3/t17-,19-;16-,18-;11-,12-;9-,10-;;/m1111../s1. The number of hydrogen-bond acceptors (Lipinski definition) is 30. The molecule has 10 aromatic rings. The average Bonchev–Trinajstić information content (AvgIpc) is 1.70. The molecule has 4 fully saturated rings. The van der Waals surface area contributed by atoms with E-state index in [1.165, 1.54) is 58.3 Å². The molecule has 4 saturated carbocycles. The second-order valence-electron chi connectivity index (χ2n) is 38.0. The molecule has 4 aliphatic carbocycles. The lowest BCUT2D eigenvalue weighted by atomic mass is 9.82. The van der Waals surface area contributed by atoms with Crippen LogP contribution in [0.5, 0.6) is 0 Å². The summed E-state index contributed by atoms with van der Waals surface area (Å²) in [4.78, 5) is 129. The first kappa shape index (κ1) is 107. The summed E-state index contributed by atoms with van der Waals surface area (Å²) in [5.41, 5.74) is 15.4. The molecule has 0 aliphatic heterocycles. The number of hydrogen-bond donors (Lipinski definition) is 8. The number of carbonyl (C=O) groups excluding carboxylic acids is 7. The van der Waals surface area contributed by atoms with Crippen LogP contribution >= 0.6 is 34.8 Å². The molecule has 0 radical (unpaired) electrons. The predicted octanol–water partition coefficient (Wildman–Crippen LogP) is 19.5. The van der Waals surface area contributed by atoms with Crippen LogP contribution in [0, 0.1) is 23.7 Å². The van der Waals surface area contributed by atoms with E-state index in [-0.39, 0.29) is 115 Å². The summed E-state index contributed by atoms with van der Waals surface area (Å²) in [7, 11) is 9.76. The van der Waals surface area contributed by atoms with Crippen molar-refractivity contribution in [3.63, 3.8) is 0 Å². The molecular weight excluding hydrogens is 1790 g/mol. The van der Waals surface area contributed by atoms with Gasteiger partial charge in [0.15, 0.2) is 44.7 Å². The van der Waals surface area contributed by atoms with Crippen LogP contribution < -0.4 is 38.1 Å². The average molecular weight is 1920 g/mol. The third-order valence-electron chi connectivity index (χ3n) is 22.7. The highest BCUT2D eigenvalue weighted by Gasteiger charge is 2.35. The second kappa shape index (κ2) is 49.0. The highest BCUT2D eigenvalue weighted by molar-refractivity contribution is 6.34. The molecule has 8 atom stereocenters. The Balaban J connectivity index is 0.000000192. The summed E-state index contributed by atoms with van der Waals surface area (Å²) in [6.07, 6.45) is 29.6. The lowest BCUT2D eigenvalue weighted by Crippen LogP contribution is -2.36. The highest BCUT2D eigenvalue weighted by atomic mass is 35.5. The molecule has 730 valence electrons. The van der Waals surface area contributed by atoms with E-state index in [1.54, 1.807) is 6.20 Å². The molecule has 0 bridgehead atoms. The predicted molar refractivity (Wildman–Crippen MR) is 524 cm³/mol. The van der Waals surface area contributed by atoms with E-state index in [0.717, 1.165) is 134 Å². The largest absolute Gasteiger partial charge is 0.476 e. The first-order chi connectivity index (χ1) is 63.8. The molecule has 0 saturated heterocycles. The number of nitrogen functional groups attached to an aromatic ring is 1. The van der Waals surface area contributed by atoms with Crippen molar-refractivity contribution in [3.8, 4) is 0 Å². The number of nitrogens with two attached hydrogens (primary N) is 2. The Morgan fingerprint density at radius 1 is 0.400 bits per heavy atom. The van der Waals surface area contributed by atoms with Crippen molar-refractivity contribution in [3.05, 3.63) is 154 Å². The fraction of sp³-hybridized carbons (Fsp3) is 0.510. The van der Waals surface area contributed by atoms with E-state index >= 15 is 0 Å². The molecule has 34 nitrogen and oxygen atoms in total. The number of aryl methyl sites for hydroxylation is 3. The van der Waals surface area contributed by atoms with Crippen molar-refractivity contribution in [2.45, 2.75) is 258 Å². The van der Waals surface area contributed by atoms with E-state index in [9.17, 15) is 43.5 Å². The number of aromatic nitrogens is 11. The van der Waals surface area contributed by atoms with Gasteiger partial charge in [-0.15, -0.1) is 0 Å². The molecule has 14 rings (SSSR count). The van der Waals surface area contributed by atoms with E-state index in [4.69, 9.17) is 74.9 Å². The number of carbonyl (C=O) groups is 8. The van der Waals surface area contributed by atoms with Crippen LogP contribution in [0.1, 0.15) is 253 Å². The Hall–Kier alpha value is -12.0. The van der Waals surface area contributed by atoms with Gasteiger partial charge in [-0.1, -0.05) is 104 Å². The Kier molecular flexibility index (Phi) is 38.7. The number of nitrogens with one attached hydrogen (secondary N) is 5. The maximum absolute atomic E-state index is 12.5. The molecule has 37 heteroatoms. The minimum absolute atomic E-state index is 0.0126. The summed E-state index contributed by atoms with van der Waals surface area (Å²) >= 11 is 17.0. The number of esters is 7. The van der Waals surface area contributed by atoms with Crippen LogP contribution in [0.25, 0.3) is 32.7 Å². The zero-order chi connectivity index (χ0) is 98.8. The highest BCUT2D eigenvalue weighted by Crippen LogP contribution is 2.38. The third kappa shape index (κ3) is 32.9. The van der Waals surface area contributed by atoms with Gasteiger partial charge in [0.2, 0.25) is 0 Å².